The van der Waals surface area contributed by atoms with Crippen molar-refractivity contribution < 1.29 is 19.1 Å². The zero-order valence-corrected chi connectivity index (χ0v) is 16.9. The number of aryl methyl sites for hydroxylation is 1. The molecule has 1 aromatic heterocycles. The number of ketones is 1. The summed E-state index contributed by atoms with van der Waals surface area (Å²) in [5, 5.41) is 3.49. The van der Waals surface area contributed by atoms with Gasteiger partial charge in [-0.2, -0.15) is 0 Å². The Bertz CT molecular complexity index is 967. The standard InChI is InChI=1S/C22H22N2O4S/c1-15(25)18(13-16-7-3-2-4-8-16)23-20(26)14-28-22(27)12-11-21-24-17-9-5-6-10-19(17)29-21/h2-10,18H,11-14H2,1H3,(H,23,26)/t18-/m1/s1. The van der Waals surface area contributed by atoms with Gasteiger partial charge >= 0.3 is 5.97 Å². The van der Waals surface area contributed by atoms with E-state index in [1.54, 1.807) is 11.3 Å². The van der Waals surface area contributed by atoms with Crippen LogP contribution < -0.4 is 5.32 Å². The average Bonchev–Trinajstić information content (AvgIpc) is 3.14. The maximum absolute atomic E-state index is 12.1. The second kappa shape index (κ2) is 9.93. The third kappa shape index (κ3) is 6.22. The normalized spacial score (nSPS) is 11.8. The Balaban J connectivity index is 1.43. The monoisotopic (exact) mass is 410 g/mol. The highest BCUT2D eigenvalue weighted by Gasteiger charge is 2.18. The number of aromatic nitrogens is 1. The molecule has 0 radical (unpaired) electrons. The van der Waals surface area contributed by atoms with Gasteiger partial charge in [-0.3, -0.25) is 14.4 Å². The van der Waals surface area contributed by atoms with Gasteiger partial charge in [-0.1, -0.05) is 42.5 Å². The number of fused-ring (bicyclic) bond motifs is 1. The lowest BCUT2D eigenvalue weighted by atomic mass is 10.0. The van der Waals surface area contributed by atoms with Crippen LogP contribution in [-0.4, -0.2) is 35.3 Å². The fourth-order valence-electron chi connectivity index (χ4n) is 2.84. The van der Waals surface area contributed by atoms with E-state index >= 15 is 0 Å². The summed E-state index contributed by atoms with van der Waals surface area (Å²) in [7, 11) is 0. The minimum atomic E-state index is -0.647. The van der Waals surface area contributed by atoms with Crippen molar-refractivity contribution in [3.63, 3.8) is 0 Å². The highest BCUT2D eigenvalue weighted by atomic mass is 32.1. The number of esters is 1. The van der Waals surface area contributed by atoms with E-state index in [9.17, 15) is 14.4 Å². The number of nitrogens with one attached hydrogen (secondary N) is 1. The Kier molecular flexibility index (Phi) is 7.08. The highest BCUT2D eigenvalue weighted by molar-refractivity contribution is 7.18. The van der Waals surface area contributed by atoms with Crippen LogP contribution in [0.25, 0.3) is 10.2 Å². The number of carbonyl (C=O) groups excluding carboxylic acids is 3. The molecule has 0 bridgehead atoms. The number of para-hydroxylation sites is 1. The number of thiazole rings is 1. The minimum Gasteiger partial charge on any atom is -0.456 e. The van der Waals surface area contributed by atoms with E-state index in [0.717, 1.165) is 20.8 Å². The summed E-state index contributed by atoms with van der Waals surface area (Å²) in [6.45, 7) is 1.02. The minimum absolute atomic E-state index is 0.146. The van der Waals surface area contributed by atoms with Gasteiger partial charge in [0.1, 0.15) is 0 Å². The first-order valence-corrected chi connectivity index (χ1v) is 10.2. The number of hydrogen-bond acceptors (Lipinski definition) is 6. The molecule has 0 saturated heterocycles. The molecule has 0 saturated carbocycles. The van der Waals surface area contributed by atoms with E-state index in [-0.39, 0.29) is 12.2 Å². The van der Waals surface area contributed by atoms with E-state index in [4.69, 9.17) is 4.74 Å². The van der Waals surface area contributed by atoms with Crippen LogP contribution in [0.5, 0.6) is 0 Å². The SMILES string of the molecule is CC(=O)[C@@H](Cc1ccccc1)NC(=O)COC(=O)CCc1nc2ccccc2s1. The van der Waals surface area contributed by atoms with Gasteiger partial charge in [0.05, 0.1) is 27.7 Å². The van der Waals surface area contributed by atoms with Gasteiger partial charge in [-0.15, -0.1) is 11.3 Å². The fraction of sp³-hybridized carbons (Fsp3) is 0.273. The van der Waals surface area contributed by atoms with Gasteiger partial charge in [0, 0.05) is 6.42 Å². The number of rotatable bonds is 9. The predicted molar refractivity (Wildman–Crippen MR) is 112 cm³/mol. The van der Waals surface area contributed by atoms with Gasteiger partial charge in [-0.25, -0.2) is 4.98 Å². The number of Topliss-reactive ketones (excluding diaryl/α,β-unsaturated/α-hetero) is 1. The zero-order chi connectivity index (χ0) is 20.6. The first-order chi connectivity index (χ1) is 14.0. The quantitative estimate of drug-likeness (QED) is 0.548. The number of benzene rings is 2. The number of hydrogen-bond donors (Lipinski definition) is 1. The molecular formula is C22H22N2O4S. The molecule has 1 amide bonds. The molecule has 6 nitrogen and oxygen atoms in total. The summed E-state index contributed by atoms with van der Waals surface area (Å²) in [5.41, 5.74) is 1.86. The maximum atomic E-state index is 12.1. The topological polar surface area (TPSA) is 85.4 Å². The molecule has 0 fully saturated rings. The van der Waals surface area contributed by atoms with E-state index < -0.39 is 24.5 Å². The van der Waals surface area contributed by atoms with Crippen molar-refractivity contribution in [3.8, 4) is 0 Å². The van der Waals surface area contributed by atoms with Crippen molar-refractivity contribution in [2.24, 2.45) is 0 Å². The number of amides is 1. The van der Waals surface area contributed by atoms with Crippen LogP contribution in [0.15, 0.2) is 54.6 Å². The van der Waals surface area contributed by atoms with Crippen LogP contribution in [0.1, 0.15) is 23.9 Å². The number of nitrogens with zero attached hydrogens (tertiary/aromatic N) is 1. The van der Waals surface area contributed by atoms with Crippen LogP contribution in [0.2, 0.25) is 0 Å². The van der Waals surface area contributed by atoms with Gasteiger partial charge in [0.25, 0.3) is 5.91 Å². The van der Waals surface area contributed by atoms with Gasteiger partial charge in [0.15, 0.2) is 12.4 Å². The van der Waals surface area contributed by atoms with Crippen LogP contribution in [0.4, 0.5) is 0 Å². The summed E-state index contributed by atoms with van der Waals surface area (Å²) in [4.78, 5) is 40.3. The summed E-state index contributed by atoms with van der Waals surface area (Å²) in [6.07, 6.45) is 1.00. The molecule has 1 heterocycles. The third-order valence-electron chi connectivity index (χ3n) is 4.35. The molecule has 0 aliphatic heterocycles. The second-order valence-electron chi connectivity index (χ2n) is 6.66. The lowest BCUT2D eigenvalue weighted by molar-refractivity contribution is -0.148. The average molecular weight is 410 g/mol. The molecule has 1 N–H and O–H groups in total. The number of ether oxygens (including phenoxy) is 1. The van der Waals surface area contributed by atoms with Crippen molar-refractivity contribution in [2.75, 3.05) is 6.61 Å². The van der Waals surface area contributed by atoms with Crippen molar-refractivity contribution in [2.45, 2.75) is 32.2 Å². The molecule has 150 valence electrons. The molecule has 3 rings (SSSR count). The van der Waals surface area contributed by atoms with Crippen molar-refractivity contribution in [3.05, 3.63) is 65.2 Å². The van der Waals surface area contributed by atoms with Crippen LogP contribution in [0.3, 0.4) is 0 Å². The summed E-state index contributed by atoms with van der Waals surface area (Å²) in [5.74, 6) is -1.11. The van der Waals surface area contributed by atoms with Crippen LogP contribution in [-0.2, 0) is 32.0 Å². The summed E-state index contributed by atoms with van der Waals surface area (Å²) >= 11 is 1.54. The Morgan fingerprint density at radius 1 is 1.07 bits per heavy atom. The van der Waals surface area contributed by atoms with Gasteiger partial charge < -0.3 is 10.1 Å². The molecule has 7 heteroatoms. The third-order valence-corrected chi connectivity index (χ3v) is 5.45. The van der Waals surface area contributed by atoms with E-state index in [1.807, 2.05) is 54.6 Å². The largest absolute Gasteiger partial charge is 0.456 e. The molecule has 2 aromatic carbocycles. The zero-order valence-electron chi connectivity index (χ0n) is 16.1. The van der Waals surface area contributed by atoms with E-state index in [0.29, 0.717) is 12.8 Å². The number of carbonyl (C=O) groups is 3. The van der Waals surface area contributed by atoms with Crippen molar-refractivity contribution in [1.29, 1.82) is 0 Å². The van der Waals surface area contributed by atoms with Crippen molar-refractivity contribution >= 4 is 39.2 Å². The molecular weight excluding hydrogens is 388 g/mol. The van der Waals surface area contributed by atoms with Crippen LogP contribution >= 0.6 is 11.3 Å². The molecule has 0 aliphatic rings. The van der Waals surface area contributed by atoms with Gasteiger partial charge in [-0.05, 0) is 31.0 Å². The van der Waals surface area contributed by atoms with Crippen LogP contribution in [0, 0.1) is 0 Å². The summed E-state index contributed by atoms with van der Waals surface area (Å²) < 4.78 is 6.12. The highest BCUT2D eigenvalue weighted by Crippen LogP contribution is 2.22. The molecule has 1 atom stereocenters. The fourth-order valence-corrected chi connectivity index (χ4v) is 3.80. The Morgan fingerprint density at radius 2 is 1.79 bits per heavy atom. The smallest absolute Gasteiger partial charge is 0.306 e. The molecule has 0 spiro atoms. The molecule has 3 aromatic rings. The Hall–Kier alpha value is -3.06. The predicted octanol–water partition coefficient (Wildman–Crippen LogP) is 3.09. The lowest BCUT2D eigenvalue weighted by Gasteiger charge is -2.16. The first kappa shape index (κ1) is 20.7. The van der Waals surface area contributed by atoms with E-state index in [2.05, 4.69) is 10.3 Å². The lowest BCUT2D eigenvalue weighted by Crippen LogP contribution is -2.43. The Morgan fingerprint density at radius 3 is 2.52 bits per heavy atom. The molecule has 0 aliphatic carbocycles. The van der Waals surface area contributed by atoms with Gasteiger partial charge in [0.2, 0.25) is 0 Å². The molecule has 29 heavy (non-hydrogen) atoms. The maximum Gasteiger partial charge on any atom is 0.306 e. The first-order valence-electron chi connectivity index (χ1n) is 9.35. The second-order valence-corrected chi connectivity index (χ2v) is 7.77. The summed E-state index contributed by atoms with van der Waals surface area (Å²) in [6, 6.07) is 16.6. The molecule has 0 unspecified atom stereocenters. The van der Waals surface area contributed by atoms with Crippen molar-refractivity contribution in [1.82, 2.24) is 10.3 Å². The van der Waals surface area contributed by atoms with E-state index in [1.165, 1.54) is 6.92 Å². The Labute approximate surface area is 172 Å².